The van der Waals surface area contributed by atoms with Crippen molar-refractivity contribution in [3.63, 3.8) is 0 Å². The van der Waals surface area contributed by atoms with Gasteiger partial charge in [-0.25, -0.2) is 0 Å². The molecule has 0 heterocycles. The Morgan fingerprint density at radius 3 is 2.09 bits per heavy atom. The lowest BCUT2D eigenvalue weighted by Gasteiger charge is -2.13. The second kappa shape index (κ2) is 11.2. The van der Waals surface area contributed by atoms with Crippen molar-refractivity contribution in [1.29, 1.82) is 0 Å². The molecule has 0 atom stereocenters. The van der Waals surface area contributed by atoms with E-state index < -0.39 is 11.8 Å². The molecular weight excluding hydrogens is 488 g/mol. The summed E-state index contributed by atoms with van der Waals surface area (Å²) in [6.45, 7) is 0. The van der Waals surface area contributed by atoms with Crippen molar-refractivity contribution in [1.82, 2.24) is 5.32 Å². The van der Waals surface area contributed by atoms with E-state index in [1.165, 1.54) is 14.2 Å². The number of carbonyl (C=O) groups excluding carboxylic acids is 2. The molecule has 3 rings (SSSR count). The molecule has 2 amide bonds. The number of rotatable bonds is 8. The van der Waals surface area contributed by atoms with Gasteiger partial charge >= 0.3 is 0 Å². The van der Waals surface area contributed by atoms with E-state index in [4.69, 9.17) is 14.2 Å². The zero-order valence-electron chi connectivity index (χ0n) is 18.3. The normalized spacial score (nSPS) is 10.8. The molecule has 0 bridgehead atoms. The molecule has 0 saturated heterocycles. The van der Waals surface area contributed by atoms with Crippen molar-refractivity contribution in [2.24, 2.45) is 0 Å². The minimum Gasteiger partial charge on any atom is -0.497 e. The van der Waals surface area contributed by atoms with Crippen molar-refractivity contribution in [2.75, 3.05) is 26.6 Å². The molecular formula is C25H23BrN2O5. The molecule has 0 aliphatic carbocycles. The average Bonchev–Trinajstić information content (AvgIpc) is 2.84. The lowest BCUT2D eigenvalue weighted by Crippen LogP contribution is -2.30. The number of halogens is 1. The van der Waals surface area contributed by atoms with Gasteiger partial charge in [-0.15, -0.1) is 0 Å². The molecule has 0 aromatic heterocycles. The number of carbonyl (C=O) groups is 2. The maximum Gasteiger partial charge on any atom is 0.272 e. The van der Waals surface area contributed by atoms with Crippen LogP contribution in [0.15, 0.2) is 76.9 Å². The molecule has 0 fully saturated rings. The van der Waals surface area contributed by atoms with Crippen LogP contribution in [0.5, 0.6) is 17.2 Å². The number of ether oxygens (including phenoxy) is 3. The first kappa shape index (κ1) is 23.9. The van der Waals surface area contributed by atoms with E-state index in [0.717, 1.165) is 4.47 Å². The Morgan fingerprint density at radius 2 is 1.48 bits per heavy atom. The number of nitrogens with one attached hydrogen (secondary N) is 2. The quantitative estimate of drug-likeness (QED) is 0.421. The number of hydrogen-bond donors (Lipinski definition) is 2. The van der Waals surface area contributed by atoms with Gasteiger partial charge < -0.3 is 24.8 Å². The van der Waals surface area contributed by atoms with Gasteiger partial charge in [0.25, 0.3) is 11.8 Å². The molecule has 7 nitrogen and oxygen atoms in total. The van der Waals surface area contributed by atoms with Gasteiger partial charge in [-0.1, -0.05) is 28.1 Å². The third-order valence-corrected chi connectivity index (χ3v) is 5.20. The summed E-state index contributed by atoms with van der Waals surface area (Å²) in [5.74, 6) is 0.646. The predicted octanol–water partition coefficient (Wildman–Crippen LogP) is 4.88. The van der Waals surface area contributed by atoms with Gasteiger partial charge in [0.05, 0.1) is 21.3 Å². The molecule has 33 heavy (non-hydrogen) atoms. The Bertz CT molecular complexity index is 1160. The van der Waals surface area contributed by atoms with Gasteiger partial charge in [0.1, 0.15) is 11.4 Å². The largest absolute Gasteiger partial charge is 0.497 e. The Balaban J connectivity index is 1.90. The molecule has 170 valence electrons. The van der Waals surface area contributed by atoms with Gasteiger partial charge in [0, 0.05) is 15.7 Å². The van der Waals surface area contributed by atoms with Crippen LogP contribution in [0.2, 0.25) is 0 Å². The van der Waals surface area contributed by atoms with Gasteiger partial charge in [0.15, 0.2) is 11.5 Å². The van der Waals surface area contributed by atoms with Gasteiger partial charge in [-0.3, -0.25) is 9.59 Å². The van der Waals surface area contributed by atoms with Gasteiger partial charge in [-0.2, -0.15) is 0 Å². The van der Waals surface area contributed by atoms with Crippen LogP contribution in [-0.4, -0.2) is 33.1 Å². The average molecular weight is 511 g/mol. The first-order valence-corrected chi connectivity index (χ1v) is 10.7. The highest BCUT2D eigenvalue weighted by atomic mass is 79.9. The van der Waals surface area contributed by atoms with Crippen LogP contribution in [0.4, 0.5) is 5.69 Å². The molecule has 0 unspecified atom stereocenters. The van der Waals surface area contributed by atoms with Crippen LogP contribution in [0.3, 0.4) is 0 Å². The van der Waals surface area contributed by atoms with E-state index in [1.54, 1.807) is 67.8 Å². The van der Waals surface area contributed by atoms with Crippen molar-refractivity contribution < 1.29 is 23.8 Å². The third kappa shape index (κ3) is 6.36. The second-order valence-electron chi connectivity index (χ2n) is 6.82. The molecule has 0 aliphatic heterocycles. The molecule has 2 N–H and O–H groups in total. The van der Waals surface area contributed by atoms with Crippen LogP contribution < -0.4 is 24.8 Å². The third-order valence-electron chi connectivity index (χ3n) is 4.67. The summed E-state index contributed by atoms with van der Waals surface area (Å²) in [5.41, 5.74) is 1.68. The summed E-state index contributed by atoms with van der Waals surface area (Å²) in [7, 11) is 4.57. The Morgan fingerprint density at radius 1 is 0.818 bits per heavy atom. The number of hydrogen-bond acceptors (Lipinski definition) is 5. The summed E-state index contributed by atoms with van der Waals surface area (Å²) in [5, 5.41) is 5.50. The fourth-order valence-corrected chi connectivity index (χ4v) is 3.19. The minimum absolute atomic E-state index is 0.0721. The standard InChI is InChI=1S/C25H23BrN2O5/c1-31-20-11-4-16(5-12-20)14-21(25(30)27-19-9-7-18(26)8-10-19)28-24(29)17-6-13-22(32-2)23(15-17)33-3/h4-15H,1-3H3,(H,27,30)(H,28,29)/b21-14+. The predicted molar refractivity (Wildman–Crippen MR) is 131 cm³/mol. The molecule has 0 spiro atoms. The van der Waals surface area contributed by atoms with E-state index in [1.807, 2.05) is 12.1 Å². The monoisotopic (exact) mass is 510 g/mol. The van der Waals surface area contributed by atoms with Crippen molar-refractivity contribution in [3.8, 4) is 17.2 Å². The number of methoxy groups -OCH3 is 3. The number of amides is 2. The van der Waals surface area contributed by atoms with E-state index in [-0.39, 0.29) is 5.70 Å². The fourth-order valence-electron chi connectivity index (χ4n) is 2.93. The Labute approximate surface area is 200 Å². The van der Waals surface area contributed by atoms with Crippen molar-refractivity contribution in [3.05, 3.63) is 88.0 Å². The zero-order valence-corrected chi connectivity index (χ0v) is 19.9. The SMILES string of the molecule is COc1ccc(/C=C(/NC(=O)c2ccc(OC)c(OC)c2)C(=O)Nc2ccc(Br)cc2)cc1. The number of benzene rings is 3. The Kier molecular flexibility index (Phi) is 8.10. The summed E-state index contributed by atoms with van der Waals surface area (Å²) in [4.78, 5) is 26.0. The van der Waals surface area contributed by atoms with Crippen LogP contribution in [0.1, 0.15) is 15.9 Å². The van der Waals surface area contributed by atoms with Crippen LogP contribution in [0, 0.1) is 0 Å². The second-order valence-corrected chi connectivity index (χ2v) is 7.73. The number of anilines is 1. The van der Waals surface area contributed by atoms with E-state index >= 15 is 0 Å². The summed E-state index contributed by atoms with van der Waals surface area (Å²) < 4.78 is 16.6. The summed E-state index contributed by atoms with van der Waals surface area (Å²) in [6, 6.07) is 19.0. The zero-order chi connectivity index (χ0) is 23.8. The lowest BCUT2D eigenvalue weighted by atomic mass is 10.1. The highest BCUT2D eigenvalue weighted by Gasteiger charge is 2.17. The Hall–Kier alpha value is -3.78. The summed E-state index contributed by atoms with van der Waals surface area (Å²) in [6.07, 6.45) is 1.59. The first-order valence-electron chi connectivity index (χ1n) is 9.89. The maximum absolute atomic E-state index is 13.0. The van der Waals surface area contributed by atoms with Crippen LogP contribution in [0.25, 0.3) is 6.08 Å². The highest BCUT2D eigenvalue weighted by molar-refractivity contribution is 9.10. The highest BCUT2D eigenvalue weighted by Crippen LogP contribution is 2.27. The molecule has 0 saturated carbocycles. The van der Waals surface area contributed by atoms with Crippen LogP contribution in [-0.2, 0) is 4.79 Å². The summed E-state index contributed by atoms with van der Waals surface area (Å²) >= 11 is 3.37. The van der Waals surface area contributed by atoms with Gasteiger partial charge in [-0.05, 0) is 66.2 Å². The first-order chi connectivity index (χ1) is 15.9. The fraction of sp³-hybridized carbons (Fsp3) is 0.120. The van der Waals surface area contributed by atoms with E-state index in [0.29, 0.717) is 34.1 Å². The van der Waals surface area contributed by atoms with Gasteiger partial charge in [0.2, 0.25) is 0 Å². The lowest BCUT2D eigenvalue weighted by molar-refractivity contribution is -0.113. The molecule has 8 heteroatoms. The van der Waals surface area contributed by atoms with E-state index in [2.05, 4.69) is 26.6 Å². The molecule has 0 radical (unpaired) electrons. The maximum atomic E-state index is 13.0. The molecule has 3 aromatic rings. The van der Waals surface area contributed by atoms with Crippen LogP contribution >= 0.6 is 15.9 Å². The van der Waals surface area contributed by atoms with Crippen molar-refractivity contribution >= 4 is 39.5 Å². The van der Waals surface area contributed by atoms with E-state index in [9.17, 15) is 9.59 Å². The minimum atomic E-state index is -0.471. The molecule has 3 aromatic carbocycles. The molecule has 0 aliphatic rings. The smallest absolute Gasteiger partial charge is 0.272 e. The topological polar surface area (TPSA) is 85.9 Å². The van der Waals surface area contributed by atoms with Crippen molar-refractivity contribution in [2.45, 2.75) is 0 Å².